The van der Waals surface area contributed by atoms with Crippen LogP contribution >= 0.6 is 0 Å². The normalized spacial score (nSPS) is 23.5. The molecule has 1 aliphatic carbocycles. The summed E-state index contributed by atoms with van der Waals surface area (Å²) in [6.45, 7) is 3.76. The van der Waals surface area contributed by atoms with Crippen LogP contribution in [-0.2, 0) is 14.4 Å². The highest BCUT2D eigenvalue weighted by molar-refractivity contribution is 6.10. The zero-order valence-electron chi connectivity index (χ0n) is 20.3. The number of hydrogen-bond donors (Lipinski definition) is 3. The van der Waals surface area contributed by atoms with Crippen molar-refractivity contribution in [3.05, 3.63) is 90.5 Å². The van der Waals surface area contributed by atoms with Crippen molar-refractivity contribution in [2.45, 2.75) is 31.8 Å². The van der Waals surface area contributed by atoms with E-state index in [1.165, 1.54) is 6.92 Å². The largest absolute Gasteiger partial charge is 0.494 e. The van der Waals surface area contributed by atoms with Crippen LogP contribution in [0, 0.1) is 11.8 Å². The molecule has 0 saturated heterocycles. The van der Waals surface area contributed by atoms with Crippen molar-refractivity contribution in [1.29, 1.82) is 0 Å². The minimum atomic E-state index is -1.67. The van der Waals surface area contributed by atoms with Crippen molar-refractivity contribution in [2.24, 2.45) is 11.8 Å². The van der Waals surface area contributed by atoms with Gasteiger partial charge in [-0.05, 0) is 55.8 Å². The number of ether oxygens (including phenoxy) is 1. The monoisotopic (exact) mass is 486 g/mol. The van der Waals surface area contributed by atoms with Gasteiger partial charge in [0.1, 0.15) is 17.5 Å². The molecule has 1 aliphatic rings. The molecule has 0 bridgehead atoms. The summed E-state index contributed by atoms with van der Waals surface area (Å²) < 4.78 is 5.65. The summed E-state index contributed by atoms with van der Waals surface area (Å²) in [6.07, 6.45) is -0.325. The number of para-hydroxylation sites is 2. The van der Waals surface area contributed by atoms with Crippen LogP contribution in [-0.4, -0.2) is 34.9 Å². The third kappa shape index (κ3) is 5.47. The second-order valence-electron chi connectivity index (χ2n) is 9.20. The maximum Gasteiger partial charge on any atom is 0.235 e. The number of hydrogen-bond acceptors (Lipinski definition) is 5. The van der Waals surface area contributed by atoms with Crippen LogP contribution in [0.3, 0.4) is 0 Å². The average molecular weight is 487 g/mol. The third-order valence-electron chi connectivity index (χ3n) is 6.47. The van der Waals surface area contributed by atoms with Gasteiger partial charge >= 0.3 is 0 Å². The number of carbonyl (C=O) groups is 3. The Balaban J connectivity index is 1.78. The first-order valence-electron chi connectivity index (χ1n) is 12.0. The number of carbonyl (C=O) groups excluding carboxylic acids is 3. The van der Waals surface area contributed by atoms with Crippen LogP contribution in [0.25, 0.3) is 0 Å². The van der Waals surface area contributed by atoms with E-state index in [2.05, 4.69) is 10.6 Å². The molecule has 0 aliphatic heterocycles. The molecule has 0 aromatic heterocycles. The Morgan fingerprint density at radius 1 is 0.917 bits per heavy atom. The topological polar surface area (TPSA) is 105 Å². The number of benzene rings is 3. The highest BCUT2D eigenvalue weighted by Gasteiger charge is 2.56. The second-order valence-corrected chi connectivity index (χ2v) is 9.20. The molecule has 36 heavy (non-hydrogen) atoms. The molecule has 3 N–H and O–H groups in total. The van der Waals surface area contributed by atoms with Gasteiger partial charge in [-0.1, -0.05) is 48.5 Å². The van der Waals surface area contributed by atoms with Gasteiger partial charge in [-0.25, -0.2) is 0 Å². The summed E-state index contributed by atoms with van der Waals surface area (Å²) in [4.78, 5) is 40.6. The number of Topliss-reactive ketones (excluding diaryl/α,β-unsaturated/α-hetero) is 1. The summed E-state index contributed by atoms with van der Waals surface area (Å²) in [6, 6.07) is 24.7. The molecule has 0 radical (unpaired) electrons. The molecule has 4 rings (SSSR count). The fourth-order valence-corrected chi connectivity index (χ4v) is 4.95. The summed E-state index contributed by atoms with van der Waals surface area (Å²) in [5.74, 6) is -4.06. The molecule has 3 aromatic carbocycles. The van der Waals surface area contributed by atoms with Gasteiger partial charge in [0.15, 0.2) is 0 Å². The lowest BCUT2D eigenvalue weighted by molar-refractivity contribution is -0.150. The van der Waals surface area contributed by atoms with Crippen LogP contribution in [0.4, 0.5) is 11.4 Å². The van der Waals surface area contributed by atoms with Crippen molar-refractivity contribution in [2.75, 3.05) is 17.2 Å². The van der Waals surface area contributed by atoms with Crippen molar-refractivity contribution < 1.29 is 24.2 Å². The molecule has 2 amide bonds. The zero-order valence-corrected chi connectivity index (χ0v) is 20.3. The van der Waals surface area contributed by atoms with Crippen LogP contribution in [0.1, 0.15) is 31.7 Å². The Morgan fingerprint density at radius 2 is 1.50 bits per heavy atom. The van der Waals surface area contributed by atoms with E-state index >= 15 is 0 Å². The van der Waals surface area contributed by atoms with Crippen LogP contribution < -0.4 is 15.4 Å². The van der Waals surface area contributed by atoms with E-state index in [1.807, 2.05) is 19.1 Å². The summed E-state index contributed by atoms with van der Waals surface area (Å²) in [5.41, 5.74) is -0.0103. The lowest BCUT2D eigenvalue weighted by Crippen LogP contribution is -2.56. The molecule has 7 nitrogen and oxygen atoms in total. The molecule has 1 saturated carbocycles. The highest BCUT2D eigenvalue weighted by Crippen LogP contribution is 2.47. The predicted octanol–water partition coefficient (Wildman–Crippen LogP) is 4.40. The summed E-state index contributed by atoms with van der Waals surface area (Å²) in [5, 5.41) is 17.1. The van der Waals surface area contributed by atoms with Gasteiger partial charge < -0.3 is 20.5 Å². The molecular formula is C29H30N2O5. The van der Waals surface area contributed by atoms with Gasteiger partial charge in [-0.2, -0.15) is 0 Å². The smallest absolute Gasteiger partial charge is 0.235 e. The molecule has 0 spiro atoms. The molecular weight excluding hydrogens is 456 g/mol. The number of aliphatic hydroxyl groups is 1. The van der Waals surface area contributed by atoms with Gasteiger partial charge in [0.05, 0.1) is 18.1 Å². The fraction of sp³-hybridized carbons (Fsp3) is 0.276. The van der Waals surface area contributed by atoms with Crippen molar-refractivity contribution in [3.63, 3.8) is 0 Å². The molecule has 7 heteroatoms. The number of ketones is 1. The van der Waals surface area contributed by atoms with Gasteiger partial charge in [0, 0.05) is 23.7 Å². The Bertz CT molecular complexity index is 1230. The number of rotatable bonds is 7. The maximum atomic E-state index is 13.7. The molecule has 4 atom stereocenters. The van der Waals surface area contributed by atoms with E-state index in [0.717, 1.165) is 0 Å². The van der Waals surface area contributed by atoms with Gasteiger partial charge in [-0.15, -0.1) is 0 Å². The standard InChI is InChI=1S/C29H30N2O5/c1-3-36-22-16-10-11-19(17-22)24-25(27(33)30-20-12-6-4-7-13-20)23(32)18-29(2,35)26(24)28(34)31-21-14-8-5-9-15-21/h4-17,24-26,35H,3,18H2,1-2H3,(H,30,33)(H,31,34). The number of anilines is 2. The van der Waals surface area contributed by atoms with Crippen molar-refractivity contribution in [1.82, 2.24) is 0 Å². The molecule has 186 valence electrons. The van der Waals surface area contributed by atoms with Crippen molar-refractivity contribution >= 4 is 29.0 Å². The Morgan fingerprint density at radius 3 is 2.08 bits per heavy atom. The second kappa shape index (κ2) is 10.7. The number of nitrogens with one attached hydrogen (secondary N) is 2. The first-order valence-corrected chi connectivity index (χ1v) is 12.0. The van der Waals surface area contributed by atoms with Gasteiger partial charge in [0.2, 0.25) is 11.8 Å². The van der Waals surface area contributed by atoms with E-state index in [9.17, 15) is 19.5 Å². The Labute approximate surface area is 210 Å². The predicted molar refractivity (Wildman–Crippen MR) is 138 cm³/mol. The summed E-state index contributed by atoms with van der Waals surface area (Å²) in [7, 11) is 0. The molecule has 1 fully saturated rings. The van der Waals surface area contributed by atoms with Crippen molar-refractivity contribution in [3.8, 4) is 5.75 Å². The molecule has 0 heterocycles. The van der Waals surface area contributed by atoms with E-state index < -0.39 is 41.0 Å². The minimum absolute atomic E-state index is 0.325. The Kier molecular flexibility index (Phi) is 7.50. The summed E-state index contributed by atoms with van der Waals surface area (Å²) >= 11 is 0. The van der Waals surface area contributed by atoms with Crippen LogP contribution in [0.15, 0.2) is 84.9 Å². The van der Waals surface area contributed by atoms with E-state index in [4.69, 9.17) is 4.74 Å². The fourth-order valence-electron chi connectivity index (χ4n) is 4.95. The lowest BCUT2D eigenvalue weighted by atomic mass is 9.61. The third-order valence-corrected chi connectivity index (χ3v) is 6.47. The van der Waals surface area contributed by atoms with Crippen LogP contribution in [0.2, 0.25) is 0 Å². The van der Waals surface area contributed by atoms with E-state index in [1.54, 1.807) is 72.8 Å². The van der Waals surface area contributed by atoms with Gasteiger partial charge in [0.25, 0.3) is 0 Å². The van der Waals surface area contributed by atoms with E-state index in [-0.39, 0.29) is 6.42 Å². The molecule has 3 aromatic rings. The molecule has 4 unspecified atom stereocenters. The first-order chi connectivity index (χ1) is 17.3. The zero-order chi connectivity index (χ0) is 25.7. The average Bonchev–Trinajstić information content (AvgIpc) is 2.84. The number of amides is 2. The lowest BCUT2D eigenvalue weighted by Gasteiger charge is -2.44. The quantitative estimate of drug-likeness (QED) is 0.429. The SMILES string of the molecule is CCOc1cccc(C2C(C(=O)Nc3ccccc3)C(=O)CC(C)(O)C2C(=O)Nc2ccccc2)c1. The minimum Gasteiger partial charge on any atom is -0.494 e. The maximum absolute atomic E-state index is 13.7. The first kappa shape index (κ1) is 25.1. The Hall–Kier alpha value is -3.97. The van der Waals surface area contributed by atoms with Crippen LogP contribution in [0.5, 0.6) is 5.75 Å². The van der Waals surface area contributed by atoms with Gasteiger partial charge in [-0.3, -0.25) is 14.4 Å². The highest BCUT2D eigenvalue weighted by atomic mass is 16.5. The van der Waals surface area contributed by atoms with E-state index in [0.29, 0.717) is 29.3 Å².